The second-order valence-corrected chi connectivity index (χ2v) is 12.7. The van der Waals surface area contributed by atoms with Gasteiger partial charge in [-0.2, -0.15) is 0 Å². The zero-order chi connectivity index (χ0) is 24.9. The monoisotopic (exact) mass is 557 g/mol. The zero-order valence-electron chi connectivity index (χ0n) is 19.3. The van der Waals surface area contributed by atoms with Crippen molar-refractivity contribution >= 4 is 69.0 Å². The van der Waals surface area contributed by atoms with Gasteiger partial charge in [0.25, 0.3) is 0 Å². The number of amides is 1. The van der Waals surface area contributed by atoms with Crippen LogP contribution in [0.5, 0.6) is 0 Å². The summed E-state index contributed by atoms with van der Waals surface area (Å²) in [5.41, 5.74) is 6.69. The van der Waals surface area contributed by atoms with Crippen molar-refractivity contribution in [1.82, 2.24) is 4.98 Å². The number of hydrogen-bond donors (Lipinski definition) is 4. The average molecular weight is 558 g/mol. The minimum Gasteiger partial charge on any atom is -0.388 e. The SMILES string of the molecule is CC(=O)Nc1ccccc1[As](=O)(O)OO.CNc1c(C(C)C)c(Cl)c2ncsc2c1C(C)C. The van der Waals surface area contributed by atoms with Crippen LogP contribution >= 0.6 is 22.9 Å². The molecule has 3 rings (SSSR count). The summed E-state index contributed by atoms with van der Waals surface area (Å²) >= 11 is 3.29. The quantitative estimate of drug-likeness (QED) is 0.192. The fraction of sp³-hybridized carbons (Fsp3) is 0.364. The Balaban J connectivity index is 0.000000238. The first-order chi connectivity index (χ1) is 15.5. The molecule has 0 aliphatic heterocycles. The van der Waals surface area contributed by atoms with Gasteiger partial charge in [-0.3, -0.25) is 0 Å². The van der Waals surface area contributed by atoms with Gasteiger partial charge in [0.15, 0.2) is 0 Å². The van der Waals surface area contributed by atoms with Crippen LogP contribution < -0.4 is 15.0 Å². The minimum absolute atomic E-state index is 0.103. The molecular weight excluding hydrogens is 529 g/mol. The Labute approximate surface area is 205 Å². The number of hydrogen-bond acceptors (Lipinski definition) is 7. The molecule has 180 valence electrons. The van der Waals surface area contributed by atoms with Gasteiger partial charge in [0, 0.05) is 12.7 Å². The Bertz CT molecular complexity index is 1180. The summed E-state index contributed by atoms with van der Waals surface area (Å²) in [6.07, 6.45) is 0. The maximum atomic E-state index is 11.4. The molecule has 1 atom stereocenters. The van der Waals surface area contributed by atoms with E-state index in [0.717, 1.165) is 10.5 Å². The van der Waals surface area contributed by atoms with Crippen molar-refractivity contribution < 1.29 is 21.8 Å². The predicted molar refractivity (Wildman–Crippen MR) is 135 cm³/mol. The van der Waals surface area contributed by atoms with Crippen LogP contribution in [0.15, 0.2) is 29.8 Å². The average Bonchev–Trinajstić information content (AvgIpc) is 3.23. The Kier molecular flexibility index (Phi) is 9.55. The summed E-state index contributed by atoms with van der Waals surface area (Å²) in [6, 6.07) is 5.84. The van der Waals surface area contributed by atoms with Crippen molar-refractivity contribution in [3.8, 4) is 0 Å². The fourth-order valence-electron chi connectivity index (χ4n) is 3.51. The molecule has 2 aromatic carbocycles. The molecule has 0 fully saturated rings. The Morgan fingerprint density at radius 1 is 1.18 bits per heavy atom. The van der Waals surface area contributed by atoms with E-state index < -0.39 is 14.2 Å². The zero-order valence-corrected chi connectivity index (χ0v) is 22.8. The number of nitrogens with one attached hydrogen (secondary N) is 2. The molecule has 1 unspecified atom stereocenters. The molecule has 1 amide bonds. The first kappa shape index (κ1) is 27.4. The van der Waals surface area contributed by atoms with E-state index in [4.69, 9.17) is 16.9 Å². The number of carbonyl (C=O) groups is 1. The number of carbonyl (C=O) groups excluding carboxylic acids is 1. The van der Waals surface area contributed by atoms with Crippen LogP contribution in [0.25, 0.3) is 10.2 Å². The van der Waals surface area contributed by atoms with Gasteiger partial charge in [-0.25, -0.2) is 4.98 Å². The number of halogens is 1. The number of thiazole rings is 1. The van der Waals surface area contributed by atoms with Gasteiger partial charge in [-0.1, -0.05) is 39.3 Å². The topological polar surface area (TPSA) is 121 Å². The molecule has 0 aliphatic carbocycles. The van der Waals surface area contributed by atoms with Crippen molar-refractivity contribution in [2.75, 3.05) is 17.7 Å². The van der Waals surface area contributed by atoms with E-state index in [1.54, 1.807) is 17.4 Å². The van der Waals surface area contributed by atoms with E-state index in [2.05, 4.69) is 47.2 Å². The number of benzene rings is 2. The van der Waals surface area contributed by atoms with Crippen LogP contribution in [0.3, 0.4) is 0 Å². The summed E-state index contributed by atoms with van der Waals surface area (Å²) in [6.45, 7) is 10.0. The van der Waals surface area contributed by atoms with E-state index >= 15 is 0 Å². The molecule has 0 spiro atoms. The first-order valence-corrected chi connectivity index (χ1v) is 14.8. The van der Waals surface area contributed by atoms with Gasteiger partial charge >= 0.3 is 88.4 Å². The Hall–Kier alpha value is -1.87. The molecule has 1 aromatic heterocycles. The summed E-state index contributed by atoms with van der Waals surface area (Å²) < 4.78 is 25.3. The number of aromatic nitrogens is 1. The van der Waals surface area contributed by atoms with Gasteiger partial charge in [0.05, 0.1) is 15.2 Å². The molecule has 0 bridgehead atoms. The number of nitrogens with zero attached hydrogens (tertiary/aromatic N) is 1. The van der Waals surface area contributed by atoms with Gasteiger partial charge < -0.3 is 5.32 Å². The molecule has 4 N–H and O–H groups in total. The van der Waals surface area contributed by atoms with Crippen molar-refractivity contribution in [3.63, 3.8) is 0 Å². The summed E-state index contributed by atoms with van der Waals surface area (Å²) in [5, 5.41) is 14.8. The number of para-hydroxylation sites is 1. The van der Waals surface area contributed by atoms with Gasteiger partial charge in [0.1, 0.15) is 5.52 Å². The summed E-state index contributed by atoms with van der Waals surface area (Å²) in [5.74, 6) is 0.449. The normalized spacial score (nSPS) is 12.9. The van der Waals surface area contributed by atoms with Crippen LogP contribution in [0.2, 0.25) is 5.02 Å². The summed E-state index contributed by atoms with van der Waals surface area (Å²) in [7, 11) is 1.97. The Morgan fingerprint density at radius 2 is 1.79 bits per heavy atom. The van der Waals surface area contributed by atoms with E-state index in [-0.39, 0.29) is 15.9 Å². The maximum Gasteiger partial charge on any atom is 0.100 e. The molecule has 11 heteroatoms. The Morgan fingerprint density at radius 3 is 2.30 bits per heavy atom. The standard InChI is InChI=1S/C14H19ClN2S.C8H10AsNO5/c1-7(2)9-11(15)13-14(18-6-17-13)10(8(3)4)12(9)16-5;1-6(11)10-8-5-3-2-4-7(8)9(12,13)15-14/h6-8,16H,1-5H3;2-5,14H,1H3,(H,10,11)(H,12,13). The number of anilines is 2. The molecule has 8 nitrogen and oxygen atoms in total. The second kappa shape index (κ2) is 11.5. The minimum atomic E-state index is -4.92. The van der Waals surface area contributed by atoms with Crippen LogP contribution in [0.1, 0.15) is 57.6 Å². The van der Waals surface area contributed by atoms with E-state index in [1.165, 1.54) is 46.6 Å². The predicted octanol–water partition coefficient (Wildman–Crippen LogP) is 4.94. The molecule has 1 heterocycles. The van der Waals surface area contributed by atoms with Gasteiger partial charge in [0.2, 0.25) is 0 Å². The molecular formula is C22H29AsClN3O5S. The van der Waals surface area contributed by atoms with E-state index in [1.807, 2.05) is 12.6 Å². The smallest absolute Gasteiger partial charge is 0.100 e. The maximum absolute atomic E-state index is 11.4. The second-order valence-electron chi connectivity index (χ2n) is 7.91. The molecule has 0 radical (unpaired) electrons. The van der Waals surface area contributed by atoms with Crippen molar-refractivity contribution in [3.05, 3.63) is 45.9 Å². The van der Waals surface area contributed by atoms with Gasteiger partial charge in [-0.15, -0.1) is 11.3 Å². The van der Waals surface area contributed by atoms with Crippen LogP contribution in [0.4, 0.5) is 11.4 Å². The molecule has 0 saturated heterocycles. The van der Waals surface area contributed by atoms with E-state index in [0.29, 0.717) is 11.8 Å². The third kappa shape index (κ3) is 6.18. The van der Waals surface area contributed by atoms with Crippen LogP contribution in [-0.4, -0.2) is 41.5 Å². The fourth-order valence-corrected chi connectivity index (χ4v) is 6.69. The molecule has 0 aliphatic rings. The van der Waals surface area contributed by atoms with Crippen molar-refractivity contribution in [1.29, 1.82) is 0 Å². The third-order valence-corrected chi connectivity index (χ3v) is 8.63. The summed E-state index contributed by atoms with van der Waals surface area (Å²) in [4.78, 5) is 15.2. The van der Waals surface area contributed by atoms with Gasteiger partial charge in [-0.05, 0) is 23.0 Å². The third-order valence-electron chi connectivity index (χ3n) is 4.83. The molecule has 0 saturated carbocycles. The molecule has 33 heavy (non-hydrogen) atoms. The van der Waals surface area contributed by atoms with Crippen LogP contribution in [-0.2, 0) is 12.4 Å². The largest absolute Gasteiger partial charge is 0.388 e. The first-order valence-electron chi connectivity index (χ1n) is 10.3. The van der Waals surface area contributed by atoms with Crippen molar-refractivity contribution in [2.45, 2.75) is 46.5 Å². The van der Waals surface area contributed by atoms with Crippen molar-refractivity contribution in [2.24, 2.45) is 0 Å². The number of fused-ring (bicyclic) bond motifs is 1. The molecule has 3 aromatic rings. The number of rotatable bonds is 6. The van der Waals surface area contributed by atoms with Crippen LogP contribution in [0, 0.1) is 0 Å². The van der Waals surface area contributed by atoms with E-state index in [9.17, 15) is 12.6 Å².